The normalized spacial score (nSPS) is 20.9. The van der Waals surface area contributed by atoms with Crippen LogP contribution < -0.4 is 4.90 Å². The third-order valence-electron chi connectivity index (χ3n) is 3.13. The average molecular weight is 218 g/mol. The minimum absolute atomic E-state index is 0.0264. The Kier molecular flexibility index (Phi) is 3.22. The van der Waals surface area contributed by atoms with Crippen LogP contribution >= 0.6 is 0 Å². The number of pyridine rings is 1. The minimum atomic E-state index is 0.0264. The van der Waals surface area contributed by atoms with E-state index in [0.717, 1.165) is 24.7 Å². The largest absolute Gasteiger partial charge is 0.370 e. The number of piperidine rings is 1. The maximum atomic E-state index is 11.1. The Morgan fingerprint density at radius 1 is 1.50 bits per heavy atom. The van der Waals surface area contributed by atoms with Crippen LogP contribution in [0.2, 0.25) is 0 Å². The first-order valence-electron chi connectivity index (χ1n) is 5.89. The quantitative estimate of drug-likeness (QED) is 0.715. The van der Waals surface area contributed by atoms with Gasteiger partial charge in [0.25, 0.3) is 0 Å². The zero-order chi connectivity index (χ0) is 11.5. The summed E-state index contributed by atoms with van der Waals surface area (Å²) >= 11 is 0. The maximum Gasteiger partial charge on any atom is 0.178 e. The Hall–Kier alpha value is -1.38. The number of anilines is 1. The zero-order valence-corrected chi connectivity index (χ0v) is 9.94. The monoisotopic (exact) mass is 218 g/mol. The summed E-state index contributed by atoms with van der Waals surface area (Å²) in [6.45, 7) is 6.03. The van der Waals surface area contributed by atoms with Crippen LogP contribution in [0.25, 0.3) is 0 Å². The molecular weight excluding hydrogens is 200 g/mol. The van der Waals surface area contributed by atoms with Crippen molar-refractivity contribution in [2.75, 3.05) is 18.0 Å². The predicted octanol–water partition coefficient (Wildman–Crippen LogP) is 2.52. The Balaban J connectivity index is 2.11. The number of ketones is 1. The summed E-state index contributed by atoms with van der Waals surface area (Å²) in [5.74, 6) is 0.778. The van der Waals surface area contributed by atoms with Gasteiger partial charge in [-0.3, -0.25) is 9.78 Å². The van der Waals surface area contributed by atoms with Gasteiger partial charge in [-0.1, -0.05) is 6.92 Å². The molecule has 0 N–H and O–H groups in total. The van der Waals surface area contributed by atoms with Gasteiger partial charge < -0.3 is 4.90 Å². The van der Waals surface area contributed by atoms with Crippen LogP contribution in [-0.4, -0.2) is 23.9 Å². The molecule has 0 aliphatic carbocycles. The number of rotatable bonds is 2. The lowest BCUT2D eigenvalue weighted by Gasteiger charge is -2.32. The van der Waals surface area contributed by atoms with Crippen LogP contribution in [0.4, 0.5) is 5.69 Å². The van der Waals surface area contributed by atoms with Crippen molar-refractivity contribution in [1.82, 2.24) is 4.98 Å². The Morgan fingerprint density at radius 2 is 2.31 bits per heavy atom. The molecule has 1 aromatic heterocycles. The Bertz CT molecular complexity index is 372. The summed E-state index contributed by atoms with van der Waals surface area (Å²) < 4.78 is 0. The van der Waals surface area contributed by atoms with E-state index < -0.39 is 0 Å². The second kappa shape index (κ2) is 4.64. The highest BCUT2D eigenvalue weighted by Gasteiger charge is 2.16. The lowest BCUT2D eigenvalue weighted by molar-refractivity contribution is 0.101. The first-order valence-corrected chi connectivity index (χ1v) is 5.89. The van der Waals surface area contributed by atoms with E-state index in [2.05, 4.69) is 16.8 Å². The number of hydrogen-bond donors (Lipinski definition) is 0. The van der Waals surface area contributed by atoms with Gasteiger partial charge in [0.2, 0.25) is 0 Å². The molecule has 0 spiro atoms. The summed E-state index contributed by atoms with van der Waals surface area (Å²) in [7, 11) is 0. The van der Waals surface area contributed by atoms with Crippen LogP contribution in [0, 0.1) is 5.92 Å². The van der Waals surface area contributed by atoms with E-state index in [4.69, 9.17) is 0 Å². The second-order valence-electron chi connectivity index (χ2n) is 4.65. The van der Waals surface area contributed by atoms with Gasteiger partial charge in [0.15, 0.2) is 5.78 Å². The van der Waals surface area contributed by atoms with Gasteiger partial charge in [-0.15, -0.1) is 0 Å². The third-order valence-corrected chi connectivity index (χ3v) is 3.13. The molecule has 1 atom stereocenters. The highest BCUT2D eigenvalue weighted by atomic mass is 16.1. The molecule has 0 saturated carbocycles. The molecule has 0 aromatic carbocycles. The molecule has 2 heterocycles. The topological polar surface area (TPSA) is 33.2 Å². The minimum Gasteiger partial charge on any atom is -0.370 e. The summed E-state index contributed by atoms with van der Waals surface area (Å²) in [5.41, 5.74) is 1.69. The lowest BCUT2D eigenvalue weighted by atomic mass is 10.00. The standard InChI is InChI=1S/C13H18N2O/c1-10-4-3-7-15(9-10)12-5-6-13(11(2)16)14-8-12/h5-6,8,10H,3-4,7,9H2,1-2H3. The van der Waals surface area contributed by atoms with Crippen LogP contribution in [0.1, 0.15) is 37.2 Å². The highest BCUT2D eigenvalue weighted by molar-refractivity contribution is 5.92. The molecule has 1 fully saturated rings. The van der Waals surface area contributed by atoms with Gasteiger partial charge in [0.1, 0.15) is 5.69 Å². The summed E-state index contributed by atoms with van der Waals surface area (Å²) in [6, 6.07) is 3.82. The number of hydrogen-bond acceptors (Lipinski definition) is 3. The number of Topliss-reactive ketones (excluding diaryl/α,β-unsaturated/α-hetero) is 1. The van der Waals surface area contributed by atoms with Crippen molar-refractivity contribution in [2.24, 2.45) is 5.92 Å². The van der Waals surface area contributed by atoms with E-state index in [0.29, 0.717) is 5.69 Å². The fourth-order valence-electron chi connectivity index (χ4n) is 2.21. The second-order valence-corrected chi connectivity index (χ2v) is 4.65. The van der Waals surface area contributed by atoms with Crippen LogP contribution in [-0.2, 0) is 0 Å². The molecular formula is C13H18N2O. The fourth-order valence-corrected chi connectivity index (χ4v) is 2.21. The first kappa shape index (κ1) is 11.1. The van der Waals surface area contributed by atoms with Crippen molar-refractivity contribution in [2.45, 2.75) is 26.7 Å². The predicted molar refractivity (Wildman–Crippen MR) is 64.9 cm³/mol. The Labute approximate surface area is 96.5 Å². The van der Waals surface area contributed by atoms with E-state index in [1.165, 1.54) is 12.8 Å². The molecule has 1 aliphatic heterocycles. The third kappa shape index (κ3) is 2.40. The number of aromatic nitrogens is 1. The molecule has 1 aromatic rings. The number of carbonyl (C=O) groups excluding carboxylic acids is 1. The van der Waals surface area contributed by atoms with E-state index in [9.17, 15) is 4.79 Å². The van der Waals surface area contributed by atoms with Crippen LogP contribution in [0.3, 0.4) is 0 Å². The SMILES string of the molecule is CC(=O)c1ccc(N2CCCC(C)C2)cn1. The summed E-state index contributed by atoms with van der Waals surface area (Å²) in [4.78, 5) is 17.6. The molecule has 1 aliphatic rings. The smallest absolute Gasteiger partial charge is 0.178 e. The van der Waals surface area contributed by atoms with Crippen LogP contribution in [0.15, 0.2) is 18.3 Å². The molecule has 3 nitrogen and oxygen atoms in total. The molecule has 2 rings (SSSR count). The molecule has 1 unspecified atom stereocenters. The highest BCUT2D eigenvalue weighted by Crippen LogP contribution is 2.22. The number of carbonyl (C=O) groups is 1. The van der Waals surface area contributed by atoms with Gasteiger partial charge >= 0.3 is 0 Å². The maximum absolute atomic E-state index is 11.1. The Morgan fingerprint density at radius 3 is 2.88 bits per heavy atom. The van der Waals surface area contributed by atoms with E-state index in [1.807, 2.05) is 18.3 Å². The van der Waals surface area contributed by atoms with Crippen molar-refractivity contribution in [3.05, 3.63) is 24.0 Å². The molecule has 0 bridgehead atoms. The molecule has 16 heavy (non-hydrogen) atoms. The van der Waals surface area contributed by atoms with Crippen molar-refractivity contribution >= 4 is 11.5 Å². The molecule has 3 heteroatoms. The molecule has 1 saturated heterocycles. The van der Waals surface area contributed by atoms with Crippen LogP contribution in [0.5, 0.6) is 0 Å². The molecule has 0 radical (unpaired) electrons. The fraction of sp³-hybridized carbons (Fsp3) is 0.538. The van der Waals surface area contributed by atoms with Crippen molar-refractivity contribution in [3.8, 4) is 0 Å². The van der Waals surface area contributed by atoms with Gasteiger partial charge in [0.05, 0.1) is 11.9 Å². The van der Waals surface area contributed by atoms with Gasteiger partial charge in [-0.05, 0) is 30.9 Å². The van der Waals surface area contributed by atoms with Gasteiger partial charge in [-0.25, -0.2) is 0 Å². The number of nitrogens with zero attached hydrogens (tertiary/aromatic N) is 2. The summed E-state index contributed by atoms with van der Waals surface area (Å²) in [5, 5.41) is 0. The van der Waals surface area contributed by atoms with Gasteiger partial charge in [0, 0.05) is 20.0 Å². The summed E-state index contributed by atoms with van der Waals surface area (Å²) in [6.07, 6.45) is 4.37. The first-order chi connectivity index (χ1) is 7.66. The lowest BCUT2D eigenvalue weighted by Crippen LogP contribution is -2.34. The molecule has 0 amide bonds. The van der Waals surface area contributed by atoms with E-state index in [-0.39, 0.29) is 5.78 Å². The van der Waals surface area contributed by atoms with Crippen molar-refractivity contribution in [1.29, 1.82) is 0 Å². The van der Waals surface area contributed by atoms with E-state index in [1.54, 1.807) is 6.92 Å². The molecule has 86 valence electrons. The van der Waals surface area contributed by atoms with Crippen molar-refractivity contribution < 1.29 is 4.79 Å². The van der Waals surface area contributed by atoms with Crippen molar-refractivity contribution in [3.63, 3.8) is 0 Å². The van der Waals surface area contributed by atoms with E-state index >= 15 is 0 Å². The zero-order valence-electron chi connectivity index (χ0n) is 9.94. The average Bonchev–Trinajstić information content (AvgIpc) is 2.29. The van der Waals surface area contributed by atoms with Gasteiger partial charge in [-0.2, -0.15) is 0 Å².